The molecule has 0 fully saturated rings. The molecule has 1 heterocycles. The van der Waals surface area contributed by atoms with E-state index in [4.69, 9.17) is 4.74 Å². The number of aryl methyl sites for hydroxylation is 1. The first-order valence-corrected chi connectivity index (χ1v) is 10.5. The summed E-state index contributed by atoms with van der Waals surface area (Å²) in [4.78, 5) is 15.8. The highest BCUT2D eigenvalue weighted by Crippen LogP contribution is 2.24. The minimum atomic E-state index is -3.28. The molecule has 0 atom stereocenters. The maximum absolute atomic E-state index is 11.9. The zero-order valence-electron chi connectivity index (χ0n) is 15.4. The minimum absolute atomic E-state index is 0. The average molecular weight is 419 g/mol. The Hall–Kier alpha value is -1.58. The van der Waals surface area contributed by atoms with Crippen LogP contribution >= 0.6 is 24.8 Å². The number of nitrogens with zero attached hydrogens (tertiary/aromatic N) is 1. The highest BCUT2D eigenvalue weighted by Gasteiger charge is 2.20. The number of carbonyl (C=O) groups excluding carboxylic acids is 1. The van der Waals surface area contributed by atoms with Crippen molar-refractivity contribution in [3.63, 3.8) is 0 Å². The number of carbonyl (C=O) groups is 1. The van der Waals surface area contributed by atoms with Crippen LogP contribution in [0.4, 0.5) is 4.79 Å². The fourth-order valence-corrected chi connectivity index (χ4v) is 4.50. The molecule has 1 aromatic carbocycles. The van der Waals surface area contributed by atoms with Gasteiger partial charge < -0.3 is 10.1 Å². The lowest BCUT2D eigenvalue weighted by atomic mass is 10.2. The van der Waals surface area contributed by atoms with E-state index in [1.165, 1.54) is 0 Å². The monoisotopic (exact) mass is 418 g/mol. The van der Waals surface area contributed by atoms with Gasteiger partial charge in [-0.2, -0.15) is 13.5 Å². The third kappa shape index (κ3) is 7.35. The summed E-state index contributed by atoms with van der Waals surface area (Å²) in [5, 5.41) is 3.10. The quantitative estimate of drug-likeness (QED) is 0.771. The van der Waals surface area contributed by atoms with Crippen LogP contribution in [-0.4, -0.2) is 25.2 Å². The molecule has 1 N–H and O–H groups in total. The molecule has 0 aliphatic rings. The van der Waals surface area contributed by atoms with E-state index in [1.54, 1.807) is 13.8 Å². The number of alkyl carbamates (subject to hydrolysis) is 1. The number of benzene rings is 1. The van der Waals surface area contributed by atoms with Gasteiger partial charge in [0.25, 0.3) is 0 Å². The Kier molecular flexibility index (Phi) is 11.2. The lowest BCUT2D eigenvalue weighted by Gasteiger charge is -2.05. The standard InChI is InChI=1S/C15H18N2O4S2.C2H6.H2S/c1-3-23(19,20)14-11(2)17-13(22-14)9-16-15(18)21-10-12-7-5-4-6-8-12;1-2;/h4-8H,3,9-10H2,1-2H3,(H,16,18);1-2H3;1H2. The molecule has 0 aliphatic carbocycles. The minimum Gasteiger partial charge on any atom is -0.445 e. The van der Waals surface area contributed by atoms with Gasteiger partial charge in [-0.25, -0.2) is 18.2 Å². The number of rotatable bonds is 6. The summed E-state index contributed by atoms with van der Waals surface area (Å²) in [6.07, 6.45) is -0.568. The summed E-state index contributed by atoms with van der Waals surface area (Å²) in [7, 11) is -3.28. The second-order valence-corrected chi connectivity index (χ2v) is 8.36. The Labute approximate surface area is 166 Å². The molecule has 0 saturated heterocycles. The first-order valence-electron chi connectivity index (χ1n) is 8.06. The molecule has 0 saturated carbocycles. The van der Waals surface area contributed by atoms with E-state index in [0.29, 0.717) is 10.7 Å². The first kappa shape index (κ1) is 24.4. The van der Waals surface area contributed by atoms with Crippen LogP contribution in [0.25, 0.3) is 0 Å². The van der Waals surface area contributed by atoms with Crippen LogP contribution in [0.1, 0.15) is 37.0 Å². The van der Waals surface area contributed by atoms with E-state index in [9.17, 15) is 13.2 Å². The number of aromatic nitrogens is 1. The van der Waals surface area contributed by atoms with Crippen LogP contribution in [0.2, 0.25) is 0 Å². The van der Waals surface area contributed by atoms with Gasteiger partial charge in [0, 0.05) is 0 Å². The van der Waals surface area contributed by atoms with Crippen LogP contribution in [0, 0.1) is 6.92 Å². The Morgan fingerprint density at radius 2 is 1.85 bits per heavy atom. The topological polar surface area (TPSA) is 85.4 Å². The lowest BCUT2D eigenvalue weighted by Crippen LogP contribution is -2.23. The smallest absolute Gasteiger partial charge is 0.407 e. The molecular formula is C17H26N2O4S3. The summed E-state index contributed by atoms with van der Waals surface area (Å²) in [5.74, 6) is 0.0298. The van der Waals surface area contributed by atoms with Crippen LogP contribution in [-0.2, 0) is 27.7 Å². The predicted octanol–water partition coefficient (Wildman–Crippen LogP) is 3.81. The predicted molar refractivity (Wildman–Crippen MR) is 110 cm³/mol. The Morgan fingerprint density at radius 1 is 1.23 bits per heavy atom. The van der Waals surface area contributed by atoms with Gasteiger partial charge in [-0.3, -0.25) is 0 Å². The van der Waals surface area contributed by atoms with E-state index in [1.807, 2.05) is 44.2 Å². The van der Waals surface area contributed by atoms with Crippen LogP contribution in [0.3, 0.4) is 0 Å². The number of hydrogen-bond donors (Lipinski definition) is 1. The number of ether oxygens (including phenoxy) is 1. The highest BCUT2D eigenvalue weighted by atomic mass is 32.2. The van der Waals surface area contributed by atoms with Crippen LogP contribution in [0.5, 0.6) is 0 Å². The second-order valence-electron chi connectivity index (χ2n) is 4.80. The van der Waals surface area contributed by atoms with Gasteiger partial charge in [0.2, 0.25) is 0 Å². The van der Waals surface area contributed by atoms with Crippen molar-refractivity contribution in [3.8, 4) is 0 Å². The van der Waals surface area contributed by atoms with Crippen molar-refractivity contribution in [3.05, 3.63) is 46.6 Å². The van der Waals surface area contributed by atoms with Gasteiger partial charge >= 0.3 is 6.09 Å². The highest BCUT2D eigenvalue weighted by molar-refractivity contribution is 7.93. The zero-order chi connectivity index (χ0) is 18.9. The molecular weight excluding hydrogens is 392 g/mol. The third-order valence-corrected chi connectivity index (χ3v) is 6.64. The zero-order valence-corrected chi connectivity index (χ0v) is 18.0. The van der Waals surface area contributed by atoms with E-state index < -0.39 is 15.9 Å². The third-order valence-electron chi connectivity index (χ3n) is 3.06. The summed E-state index contributed by atoms with van der Waals surface area (Å²) in [6, 6.07) is 9.34. The Balaban J connectivity index is 0.00000201. The van der Waals surface area contributed by atoms with E-state index in [2.05, 4.69) is 10.3 Å². The van der Waals surface area contributed by atoms with Gasteiger partial charge in [0.05, 0.1) is 18.0 Å². The van der Waals surface area contributed by atoms with Crippen molar-refractivity contribution in [2.75, 3.05) is 5.75 Å². The summed E-state index contributed by atoms with van der Waals surface area (Å²) < 4.78 is 29.1. The molecule has 0 spiro atoms. The lowest BCUT2D eigenvalue weighted by molar-refractivity contribution is 0.139. The molecule has 2 aromatic rings. The van der Waals surface area contributed by atoms with Crippen molar-refractivity contribution in [1.29, 1.82) is 0 Å². The summed E-state index contributed by atoms with van der Waals surface area (Å²) in [5.41, 5.74) is 1.36. The molecule has 9 heteroatoms. The van der Waals surface area contributed by atoms with Gasteiger partial charge in [-0.15, -0.1) is 11.3 Å². The van der Waals surface area contributed by atoms with Crippen LogP contribution in [0.15, 0.2) is 34.5 Å². The fraction of sp³-hybridized carbons (Fsp3) is 0.412. The molecule has 0 radical (unpaired) electrons. The van der Waals surface area contributed by atoms with E-state index >= 15 is 0 Å². The molecule has 0 aliphatic heterocycles. The van der Waals surface area contributed by atoms with Crippen molar-refractivity contribution < 1.29 is 17.9 Å². The number of sulfone groups is 1. The SMILES string of the molecule is CC.CCS(=O)(=O)c1sc(CNC(=O)OCc2ccccc2)nc1C.S. The van der Waals surface area contributed by atoms with Crippen molar-refractivity contribution >= 4 is 40.8 Å². The largest absolute Gasteiger partial charge is 0.445 e. The molecule has 1 aromatic heterocycles. The first-order chi connectivity index (χ1) is 11.9. The Bertz CT molecular complexity index is 775. The number of nitrogens with one attached hydrogen (secondary N) is 1. The second kappa shape index (κ2) is 11.9. The summed E-state index contributed by atoms with van der Waals surface area (Å²) >= 11 is 1.08. The molecule has 6 nitrogen and oxygen atoms in total. The van der Waals surface area contributed by atoms with E-state index in [-0.39, 0.29) is 36.6 Å². The molecule has 2 rings (SSSR count). The van der Waals surface area contributed by atoms with Crippen molar-refractivity contribution in [2.45, 2.75) is 45.1 Å². The normalized spacial score (nSPS) is 10.2. The maximum atomic E-state index is 11.9. The average Bonchev–Trinajstić information content (AvgIpc) is 3.02. The fourth-order valence-electron chi connectivity index (χ4n) is 1.85. The number of thiazole rings is 1. The van der Waals surface area contributed by atoms with Crippen molar-refractivity contribution in [1.82, 2.24) is 10.3 Å². The van der Waals surface area contributed by atoms with Crippen LogP contribution < -0.4 is 5.32 Å². The molecule has 146 valence electrons. The van der Waals surface area contributed by atoms with Gasteiger partial charge in [0.15, 0.2) is 9.84 Å². The molecule has 26 heavy (non-hydrogen) atoms. The molecule has 0 unspecified atom stereocenters. The summed E-state index contributed by atoms with van der Waals surface area (Å²) in [6.45, 7) is 7.56. The van der Waals surface area contributed by atoms with E-state index in [0.717, 1.165) is 16.9 Å². The maximum Gasteiger partial charge on any atom is 0.407 e. The van der Waals surface area contributed by atoms with Gasteiger partial charge in [0.1, 0.15) is 15.8 Å². The Morgan fingerprint density at radius 3 is 2.42 bits per heavy atom. The number of amides is 1. The van der Waals surface area contributed by atoms with Gasteiger partial charge in [-0.05, 0) is 12.5 Å². The molecule has 1 amide bonds. The van der Waals surface area contributed by atoms with Gasteiger partial charge in [-0.1, -0.05) is 51.1 Å². The van der Waals surface area contributed by atoms with Crippen molar-refractivity contribution in [2.24, 2.45) is 0 Å². The number of hydrogen-bond acceptors (Lipinski definition) is 6. The molecule has 0 bridgehead atoms.